The summed E-state index contributed by atoms with van der Waals surface area (Å²) >= 11 is 0. The van der Waals surface area contributed by atoms with Crippen LogP contribution in [0.5, 0.6) is 0 Å². The minimum absolute atomic E-state index is 0.302. The topological polar surface area (TPSA) is 57.5 Å². The molecule has 0 rings (SSSR count). The fourth-order valence-corrected chi connectivity index (χ4v) is 2.41. The van der Waals surface area contributed by atoms with E-state index < -0.39 is 5.97 Å². The number of hydrogen-bond donors (Lipinski definition) is 2. The second kappa shape index (κ2) is 18.0. The highest BCUT2D eigenvalue weighted by Crippen LogP contribution is 2.08. The lowest BCUT2D eigenvalue weighted by molar-refractivity contribution is -0.137. The molecule has 3 heteroatoms. The summed E-state index contributed by atoms with van der Waals surface area (Å²) in [6, 6.07) is 0. The maximum Gasteiger partial charge on any atom is 0.303 e. The Morgan fingerprint density at radius 3 is 2.42 bits per heavy atom. The highest BCUT2D eigenvalue weighted by Gasteiger charge is 1.97. The molecule has 0 aliphatic rings. The first kappa shape index (κ1) is 22.6. The van der Waals surface area contributed by atoms with Gasteiger partial charge in [0.2, 0.25) is 0 Å². The smallest absolute Gasteiger partial charge is 0.303 e. The number of aliphatic hydroxyl groups excluding tert-OH is 1. The summed E-state index contributed by atoms with van der Waals surface area (Å²) < 4.78 is 0. The minimum atomic E-state index is -0.688. The third-order valence-corrected chi connectivity index (χ3v) is 3.88. The van der Waals surface area contributed by atoms with E-state index in [1.165, 1.54) is 25.7 Å². The highest BCUT2D eigenvalue weighted by atomic mass is 16.4. The number of unbranched alkanes of at least 4 members (excludes halogenated alkanes) is 7. The Balaban J connectivity index is 3.43. The van der Waals surface area contributed by atoms with E-state index >= 15 is 0 Å². The van der Waals surface area contributed by atoms with E-state index in [9.17, 15) is 9.90 Å². The average molecular weight is 337 g/mol. The fourth-order valence-electron chi connectivity index (χ4n) is 2.41. The van der Waals surface area contributed by atoms with Crippen molar-refractivity contribution in [2.24, 2.45) is 0 Å². The van der Waals surface area contributed by atoms with Gasteiger partial charge in [0.15, 0.2) is 0 Å². The molecule has 2 N–H and O–H groups in total. The van der Waals surface area contributed by atoms with Crippen molar-refractivity contribution in [2.75, 3.05) is 0 Å². The van der Waals surface area contributed by atoms with Gasteiger partial charge < -0.3 is 10.2 Å². The molecule has 0 aliphatic heterocycles. The summed E-state index contributed by atoms with van der Waals surface area (Å²) in [6.45, 7) is 2.17. The van der Waals surface area contributed by atoms with E-state index in [0.29, 0.717) is 6.42 Å². The molecule has 0 fully saturated rings. The molecule has 0 radical (unpaired) electrons. The predicted molar refractivity (Wildman–Crippen MR) is 102 cm³/mol. The number of carboxylic acid groups (broad SMARTS) is 1. The van der Waals surface area contributed by atoms with E-state index in [1.807, 2.05) is 18.2 Å². The molecule has 0 bridgehead atoms. The molecule has 0 aromatic heterocycles. The molecule has 138 valence electrons. The normalized spacial score (nSPS) is 13.4. The van der Waals surface area contributed by atoms with Crippen molar-refractivity contribution in [3.05, 3.63) is 36.5 Å². The van der Waals surface area contributed by atoms with Crippen LogP contribution >= 0.6 is 0 Å². The lowest BCUT2D eigenvalue weighted by atomic mass is 10.1. The Bertz CT molecular complexity index is 369. The number of rotatable bonds is 16. The molecule has 1 atom stereocenters. The van der Waals surface area contributed by atoms with Gasteiger partial charge in [-0.3, -0.25) is 4.79 Å². The predicted octanol–water partition coefficient (Wildman–Crippen LogP) is 5.80. The van der Waals surface area contributed by atoms with Gasteiger partial charge in [-0.2, -0.15) is 0 Å². The first-order chi connectivity index (χ1) is 11.7. The van der Waals surface area contributed by atoms with Crippen molar-refractivity contribution < 1.29 is 15.0 Å². The highest BCUT2D eigenvalue weighted by molar-refractivity contribution is 5.66. The van der Waals surface area contributed by atoms with Crippen LogP contribution in [0.2, 0.25) is 0 Å². The van der Waals surface area contributed by atoms with Crippen molar-refractivity contribution in [3.8, 4) is 0 Å². The molecule has 0 aliphatic carbocycles. The van der Waals surface area contributed by atoms with E-state index in [0.717, 1.165) is 44.9 Å². The maximum absolute atomic E-state index is 10.4. The fraction of sp³-hybridized carbons (Fsp3) is 0.667. The lowest BCUT2D eigenvalue weighted by Gasteiger charge is -2.02. The van der Waals surface area contributed by atoms with Crippen molar-refractivity contribution in [1.29, 1.82) is 0 Å². The zero-order valence-electron chi connectivity index (χ0n) is 15.3. The number of carbonyl (C=O) groups is 1. The van der Waals surface area contributed by atoms with Gasteiger partial charge in [0, 0.05) is 6.42 Å². The number of carboxylic acids is 1. The monoisotopic (exact) mass is 336 g/mol. The Morgan fingerprint density at radius 1 is 0.917 bits per heavy atom. The van der Waals surface area contributed by atoms with Crippen LogP contribution in [0.25, 0.3) is 0 Å². The summed E-state index contributed by atoms with van der Waals surface area (Å²) in [6.07, 6.45) is 23.9. The van der Waals surface area contributed by atoms with Crippen molar-refractivity contribution in [1.82, 2.24) is 0 Å². The Hall–Kier alpha value is -1.35. The molecule has 0 aromatic rings. The van der Waals surface area contributed by atoms with E-state index in [4.69, 9.17) is 5.11 Å². The summed E-state index contributed by atoms with van der Waals surface area (Å²) in [4.78, 5) is 10.4. The van der Waals surface area contributed by atoms with Crippen LogP contribution in [0.1, 0.15) is 84.0 Å². The lowest BCUT2D eigenvalue weighted by Crippen LogP contribution is -2.00. The zero-order chi connectivity index (χ0) is 17.9. The quantitative estimate of drug-likeness (QED) is 0.213. The van der Waals surface area contributed by atoms with Crippen LogP contribution in [0.3, 0.4) is 0 Å². The van der Waals surface area contributed by atoms with Crippen LogP contribution in [0.15, 0.2) is 36.5 Å². The molecule has 3 nitrogen and oxygen atoms in total. The van der Waals surface area contributed by atoms with Gasteiger partial charge in [-0.15, -0.1) is 0 Å². The third kappa shape index (κ3) is 18.7. The molecular weight excluding hydrogens is 300 g/mol. The van der Waals surface area contributed by atoms with Gasteiger partial charge in [-0.05, 0) is 32.1 Å². The molecule has 0 heterocycles. The zero-order valence-corrected chi connectivity index (χ0v) is 15.3. The Morgan fingerprint density at radius 2 is 1.67 bits per heavy atom. The van der Waals surface area contributed by atoms with E-state index in [2.05, 4.69) is 25.2 Å². The first-order valence-electron chi connectivity index (χ1n) is 9.55. The SMILES string of the molecule is CCCCC[C@H](O)/C=C/C=C\C/C=C\CCCCCCCC(=O)O. The molecule has 0 aromatic carbocycles. The summed E-state index contributed by atoms with van der Waals surface area (Å²) in [5.74, 6) is -0.688. The molecule has 0 amide bonds. The second-order valence-electron chi connectivity index (χ2n) is 6.28. The molecule has 0 spiro atoms. The van der Waals surface area contributed by atoms with Crippen LogP contribution in [-0.2, 0) is 4.79 Å². The van der Waals surface area contributed by atoms with Crippen molar-refractivity contribution in [2.45, 2.75) is 90.1 Å². The van der Waals surface area contributed by atoms with Gasteiger partial charge >= 0.3 is 5.97 Å². The van der Waals surface area contributed by atoms with Gasteiger partial charge in [-0.1, -0.05) is 81.9 Å². The van der Waals surface area contributed by atoms with Gasteiger partial charge in [0.25, 0.3) is 0 Å². The van der Waals surface area contributed by atoms with E-state index in [1.54, 1.807) is 0 Å². The third-order valence-electron chi connectivity index (χ3n) is 3.88. The Labute approximate surface area is 148 Å². The summed E-state index contributed by atoms with van der Waals surface area (Å²) in [5.41, 5.74) is 0. The van der Waals surface area contributed by atoms with Gasteiger partial charge in [0.05, 0.1) is 6.10 Å². The molecule has 0 unspecified atom stereocenters. The summed E-state index contributed by atoms with van der Waals surface area (Å²) in [7, 11) is 0. The van der Waals surface area contributed by atoms with Crippen LogP contribution in [-0.4, -0.2) is 22.3 Å². The minimum Gasteiger partial charge on any atom is -0.481 e. The molecular formula is C21H36O3. The van der Waals surface area contributed by atoms with Crippen molar-refractivity contribution >= 4 is 5.97 Å². The van der Waals surface area contributed by atoms with Gasteiger partial charge in [0.1, 0.15) is 0 Å². The average Bonchev–Trinajstić information content (AvgIpc) is 2.55. The Kier molecular flexibility index (Phi) is 17.0. The first-order valence-corrected chi connectivity index (χ1v) is 9.55. The number of hydrogen-bond acceptors (Lipinski definition) is 2. The van der Waals surface area contributed by atoms with E-state index in [-0.39, 0.29) is 6.10 Å². The van der Waals surface area contributed by atoms with Crippen LogP contribution in [0.4, 0.5) is 0 Å². The largest absolute Gasteiger partial charge is 0.481 e. The molecule has 0 saturated carbocycles. The van der Waals surface area contributed by atoms with Crippen LogP contribution in [0, 0.1) is 0 Å². The molecule has 0 saturated heterocycles. The van der Waals surface area contributed by atoms with Gasteiger partial charge in [-0.25, -0.2) is 0 Å². The van der Waals surface area contributed by atoms with Crippen LogP contribution < -0.4 is 0 Å². The number of aliphatic hydroxyl groups is 1. The maximum atomic E-state index is 10.4. The standard InChI is InChI=1S/C21H36O3/c1-2-3-14-17-20(22)18-15-12-10-8-6-4-5-7-9-11-13-16-19-21(23)24/h4,6,10,12,15,18,20,22H,2-3,5,7-9,11,13-14,16-17,19H2,1H3,(H,23,24)/b6-4-,12-10-,18-15+/t20-/m0/s1. The number of allylic oxidation sites excluding steroid dienone is 5. The molecule has 24 heavy (non-hydrogen) atoms. The number of aliphatic carboxylic acids is 1. The second-order valence-corrected chi connectivity index (χ2v) is 6.28. The van der Waals surface area contributed by atoms with Crippen molar-refractivity contribution in [3.63, 3.8) is 0 Å². The summed E-state index contributed by atoms with van der Waals surface area (Å²) in [5, 5.41) is 18.2.